The van der Waals surface area contributed by atoms with E-state index in [1.165, 1.54) is 289 Å². The van der Waals surface area contributed by atoms with Crippen LogP contribution in [0.2, 0.25) is 0 Å². The predicted octanol–water partition coefficient (Wildman–Crippen LogP) is 20.3. The van der Waals surface area contributed by atoms with Crippen molar-refractivity contribution >= 4 is 11.9 Å². The van der Waals surface area contributed by atoms with Gasteiger partial charge < -0.3 is 20.3 Å². The Morgan fingerprint density at radius 2 is 0.600 bits per heavy atom. The molecule has 0 rings (SSSR count). The van der Waals surface area contributed by atoms with Crippen LogP contribution in [-0.2, 0) is 14.3 Å². The van der Waals surface area contributed by atoms with Crippen molar-refractivity contribution in [2.24, 2.45) is 0 Å². The molecule has 1 amide bonds. The average Bonchev–Trinajstić information content (AvgIpc) is 3.35. The van der Waals surface area contributed by atoms with Gasteiger partial charge in [0, 0.05) is 6.42 Å². The highest BCUT2D eigenvalue weighted by atomic mass is 16.5. The van der Waals surface area contributed by atoms with Gasteiger partial charge in [-0.1, -0.05) is 335 Å². The Balaban J connectivity index is 4.46. The van der Waals surface area contributed by atoms with Crippen LogP contribution in [0.3, 0.4) is 0 Å². The summed E-state index contributed by atoms with van der Waals surface area (Å²) in [6, 6.07) is -0.694. The number of unbranched alkanes of at least 4 members (excludes halogenated alkanes) is 48. The first-order valence-corrected chi connectivity index (χ1v) is 32.3. The van der Waals surface area contributed by atoms with E-state index >= 15 is 0 Å². The third kappa shape index (κ3) is 53.2. The number of carbonyl (C=O) groups is 2. The van der Waals surface area contributed by atoms with E-state index in [1.54, 1.807) is 0 Å². The smallest absolute Gasteiger partial charge is 0.306 e. The Kier molecular flexibility index (Phi) is 57.8. The Morgan fingerprint density at radius 1 is 0.357 bits per heavy atom. The molecule has 0 fully saturated rings. The summed E-state index contributed by atoms with van der Waals surface area (Å²) >= 11 is 0. The van der Waals surface area contributed by atoms with Crippen LogP contribution in [0.4, 0.5) is 0 Å². The molecule has 0 bridgehead atoms. The average molecular weight is 991 g/mol. The lowest BCUT2D eigenvalue weighted by Gasteiger charge is -2.24. The number of hydrogen-bond acceptors (Lipinski definition) is 5. The van der Waals surface area contributed by atoms with E-state index in [2.05, 4.69) is 26.1 Å². The number of aliphatic hydroxyl groups excluding tert-OH is 2. The van der Waals surface area contributed by atoms with Gasteiger partial charge in [-0.25, -0.2) is 0 Å². The molecule has 70 heavy (non-hydrogen) atoms. The third-order valence-electron chi connectivity index (χ3n) is 15.4. The van der Waals surface area contributed by atoms with Gasteiger partial charge in [0.25, 0.3) is 0 Å². The standard InChI is InChI=1S/C64H127NO5/c1-4-7-10-13-16-19-22-25-28-30-31-33-36-39-42-45-48-51-54-57-64(69)70-60(55-52-49-46-43-40-37-35-32-29-26-23-20-17-14-11-8-5-2)58-63(68)65-61(59-66)62(67)56-53-50-47-44-41-38-34-27-24-21-18-15-12-9-6-3/h60-62,66-67H,4-59H2,1-3H3,(H,65,68). The van der Waals surface area contributed by atoms with Gasteiger partial charge >= 0.3 is 5.97 Å². The number of carbonyl (C=O) groups excluding carboxylic acids is 2. The second-order valence-corrected chi connectivity index (χ2v) is 22.5. The summed E-state index contributed by atoms with van der Waals surface area (Å²) in [5.74, 6) is -0.438. The minimum absolute atomic E-state index is 0.0893. The monoisotopic (exact) mass is 990 g/mol. The van der Waals surface area contributed by atoms with Crippen molar-refractivity contribution < 1.29 is 24.5 Å². The quantitative estimate of drug-likeness (QED) is 0.0417. The first kappa shape index (κ1) is 68.9. The molecular weight excluding hydrogens is 863 g/mol. The topological polar surface area (TPSA) is 95.9 Å². The van der Waals surface area contributed by atoms with E-state index in [1.807, 2.05) is 0 Å². The van der Waals surface area contributed by atoms with E-state index in [-0.39, 0.29) is 24.9 Å². The van der Waals surface area contributed by atoms with Gasteiger partial charge in [-0.3, -0.25) is 9.59 Å². The molecule has 0 aromatic rings. The second kappa shape index (κ2) is 58.7. The molecule has 0 aromatic carbocycles. The molecule has 0 spiro atoms. The lowest BCUT2D eigenvalue weighted by molar-refractivity contribution is -0.151. The van der Waals surface area contributed by atoms with Crippen molar-refractivity contribution in [1.29, 1.82) is 0 Å². The minimum atomic E-state index is -0.781. The van der Waals surface area contributed by atoms with Gasteiger partial charge in [0.2, 0.25) is 5.91 Å². The number of hydrogen-bond donors (Lipinski definition) is 3. The molecule has 3 unspecified atom stereocenters. The molecule has 418 valence electrons. The van der Waals surface area contributed by atoms with Crippen LogP contribution in [0.25, 0.3) is 0 Å². The second-order valence-electron chi connectivity index (χ2n) is 22.5. The van der Waals surface area contributed by atoms with Gasteiger partial charge in [-0.2, -0.15) is 0 Å². The maximum atomic E-state index is 13.3. The van der Waals surface area contributed by atoms with Crippen molar-refractivity contribution in [2.45, 2.75) is 392 Å². The van der Waals surface area contributed by atoms with Gasteiger partial charge in [-0.15, -0.1) is 0 Å². The lowest BCUT2D eigenvalue weighted by atomic mass is 10.0. The lowest BCUT2D eigenvalue weighted by Crippen LogP contribution is -2.46. The third-order valence-corrected chi connectivity index (χ3v) is 15.4. The van der Waals surface area contributed by atoms with Crippen LogP contribution in [0, 0.1) is 0 Å². The SMILES string of the molecule is CCCCCCCCCCCCCCCCCCCCCC(=O)OC(CCCCCCCCCCCCCCCCCCC)CC(=O)NC(CO)C(O)CCCCCCCCCCCCCCCCC. The normalized spacial score (nSPS) is 12.9. The first-order valence-electron chi connectivity index (χ1n) is 32.3. The summed E-state index contributed by atoms with van der Waals surface area (Å²) in [6.07, 6.45) is 67.5. The fourth-order valence-electron chi connectivity index (χ4n) is 10.6. The van der Waals surface area contributed by atoms with E-state index in [9.17, 15) is 19.8 Å². The molecule has 3 N–H and O–H groups in total. The summed E-state index contributed by atoms with van der Waals surface area (Å²) in [5, 5.41) is 24.0. The first-order chi connectivity index (χ1) is 34.5. The summed E-state index contributed by atoms with van der Waals surface area (Å²) in [7, 11) is 0. The fourth-order valence-corrected chi connectivity index (χ4v) is 10.6. The van der Waals surface area contributed by atoms with Crippen molar-refractivity contribution in [1.82, 2.24) is 5.32 Å². The van der Waals surface area contributed by atoms with Gasteiger partial charge in [0.15, 0.2) is 0 Å². The van der Waals surface area contributed by atoms with Crippen LogP contribution in [-0.4, -0.2) is 46.9 Å². The molecule has 0 aliphatic rings. The molecule has 6 heteroatoms. The zero-order valence-electron chi connectivity index (χ0n) is 47.9. The molecule has 3 atom stereocenters. The summed E-state index contributed by atoms with van der Waals surface area (Å²) in [4.78, 5) is 26.4. The van der Waals surface area contributed by atoms with Crippen molar-refractivity contribution in [3.05, 3.63) is 0 Å². The van der Waals surface area contributed by atoms with Gasteiger partial charge in [0.1, 0.15) is 6.10 Å². The van der Waals surface area contributed by atoms with Crippen LogP contribution in [0.5, 0.6) is 0 Å². The molecule has 0 radical (unpaired) electrons. The largest absolute Gasteiger partial charge is 0.462 e. The zero-order chi connectivity index (χ0) is 50.9. The van der Waals surface area contributed by atoms with Crippen LogP contribution < -0.4 is 5.32 Å². The Bertz CT molecular complexity index is 1020. The Labute approximate surface area is 438 Å². The van der Waals surface area contributed by atoms with Crippen LogP contribution >= 0.6 is 0 Å². The fraction of sp³-hybridized carbons (Fsp3) is 0.969. The number of nitrogens with one attached hydrogen (secondary N) is 1. The predicted molar refractivity (Wildman–Crippen MR) is 306 cm³/mol. The zero-order valence-corrected chi connectivity index (χ0v) is 47.9. The molecule has 0 aliphatic heterocycles. The van der Waals surface area contributed by atoms with Crippen molar-refractivity contribution in [2.75, 3.05) is 6.61 Å². The maximum absolute atomic E-state index is 13.3. The molecule has 0 saturated carbocycles. The maximum Gasteiger partial charge on any atom is 0.306 e. The van der Waals surface area contributed by atoms with Crippen LogP contribution in [0.15, 0.2) is 0 Å². The molecule has 0 saturated heterocycles. The molecule has 0 heterocycles. The Morgan fingerprint density at radius 3 is 0.871 bits per heavy atom. The van der Waals surface area contributed by atoms with E-state index in [0.29, 0.717) is 19.3 Å². The Hall–Kier alpha value is -1.14. The van der Waals surface area contributed by atoms with Gasteiger partial charge in [0.05, 0.1) is 25.2 Å². The molecule has 6 nitrogen and oxygen atoms in total. The molecular formula is C64H127NO5. The van der Waals surface area contributed by atoms with Gasteiger partial charge in [-0.05, 0) is 25.7 Å². The highest BCUT2D eigenvalue weighted by Crippen LogP contribution is 2.20. The summed E-state index contributed by atoms with van der Waals surface area (Å²) < 4.78 is 6.00. The van der Waals surface area contributed by atoms with E-state index in [0.717, 1.165) is 38.5 Å². The van der Waals surface area contributed by atoms with Crippen molar-refractivity contribution in [3.63, 3.8) is 0 Å². The van der Waals surface area contributed by atoms with E-state index < -0.39 is 18.2 Å². The number of amides is 1. The highest BCUT2D eigenvalue weighted by molar-refractivity contribution is 5.77. The summed E-state index contributed by atoms with van der Waals surface area (Å²) in [6.45, 7) is 6.56. The number of esters is 1. The number of ether oxygens (including phenoxy) is 1. The minimum Gasteiger partial charge on any atom is -0.462 e. The van der Waals surface area contributed by atoms with Crippen molar-refractivity contribution in [3.8, 4) is 0 Å². The highest BCUT2D eigenvalue weighted by Gasteiger charge is 2.24. The van der Waals surface area contributed by atoms with Crippen LogP contribution in [0.1, 0.15) is 374 Å². The number of rotatable bonds is 60. The van der Waals surface area contributed by atoms with E-state index in [4.69, 9.17) is 4.74 Å². The summed E-state index contributed by atoms with van der Waals surface area (Å²) in [5.41, 5.74) is 0. The molecule has 0 aliphatic carbocycles. The molecule has 0 aromatic heterocycles. The number of aliphatic hydroxyl groups is 2.